The summed E-state index contributed by atoms with van der Waals surface area (Å²) in [5.41, 5.74) is 4.26. The topological polar surface area (TPSA) is 62.2 Å². The fraction of sp³-hybridized carbons (Fsp3) is 0.0500. The molecule has 0 spiro atoms. The van der Waals surface area contributed by atoms with Crippen molar-refractivity contribution in [1.29, 1.82) is 0 Å². The van der Waals surface area contributed by atoms with Gasteiger partial charge in [-0.05, 0) is 30.7 Å². The Morgan fingerprint density at radius 1 is 0.920 bits per heavy atom. The van der Waals surface area contributed by atoms with E-state index in [0.29, 0.717) is 11.5 Å². The van der Waals surface area contributed by atoms with Crippen LogP contribution in [-0.2, 0) is 0 Å². The first-order chi connectivity index (χ1) is 12.2. The van der Waals surface area contributed by atoms with E-state index in [1.807, 2.05) is 60.0 Å². The molecule has 2 aromatic carbocycles. The number of hydrogen-bond donors (Lipinski definition) is 1. The molecule has 0 unspecified atom stereocenters. The number of hydrogen-bond acceptors (Lipinski definition) is 4. The fourth-order valence-electron chi connectivity index (χ4n) is 2.68. The van der Waals surface area contributed by atoms with E-state index >= 15 is 0 Å². The van der Waals surface area contributed by atoms with Crippen molar-refractivity contribution in [3.8, 4) is 17.0 Å². The third kappa shape index (κ3) is 2.99. The van der Waals surface area contributed by atoms with Crippen molar-refractivity contribution in [1.82, 2.24) is 9.38 Å². The van der Waals surface area contributed by atoms with Gasteiger partial charge in [0.25, 0.3) is 0 Å². The Balaban J connectivity index is 1.89. The molecule has 0 amide bonds. The van der Waals surface area contributed by atoms with E-state index in [1.165, 1.54) is 0 Å². The molecule has 4 aromatic rings. The van der Waals surface area contributed by atoms with Crippen LogP contribution in [0.2, 0.25) is 0 Å². The Morgan fingerprint density at radius 2 is 1.76 bits per heavy atom. The second kappa shape index (κ2) is 6.20. The van der Waals surface area contributed by atoms with Gasteiger partial charge in [-0.15, -0.1) is 10.2 Å². The van der Waals surface area contributed by atoms with E-state index in [1.54, 1.807) is 24.3 Å². The number of phenols is 1. The summed E-state index contributed by atoms with van der Waals surface area (Å²) in [5, 5.41) is 18.3. The van der Waals surface area contributed by atoms with Crippen molar-refractivity contribution in [3.63, 3.8) is 0 Å². The normalized spacial score (nSPS) is 11.4. The van der Waals surface area contributed by atoms with Crippen LogP contribution in [0, 0.1) is 6.92 Å². The predicted molar refractivity (Wildman–Crippen MR) is 97.6 cm³/mol. The van der Waals surface area contributed by atoms with Crippen LogP contribution in [-0.4, -0.2) is 14.5 Å². The van der Waals surface area contributed by atoms with Crippen molar-refractivity contribution in [2.45, 2.75) is 6.92 Å². The highest BCUT2D eigenvalue weighted by Gasteiger charge is 2.13. The smallest absolute Gasteiger partial charge is 0.187 e. The summed E-state index contributed by atoms with van der Waals surface area (Å²) >= 11 is 0. The molecule has 0 bridgehead atoms. The minimum Gasteiger partial charge on any atom is -0.508 e. The third-order valence-corrected chi connectivity index (χ3v) is 3.88. The Morgan fingerprint density at radius 3 is 2.56 bits per heavy atom. The predicted octanol–water partition coefficient (Wildman–Crippen LogP) is 5.43. The van der Waals surface area contributed by atoms with Crippen LogP contribution in [0.1, 0.15) is 5.56 Å². The SMILES string of the molecule is Cc1ccc2nc(-c3ccccc3)c(N=Nc3cccc(O)c3)n2c1. The van der Waals surface area contributed by atoms with Crippen LogP contribution in [0.4, 0.5) is 11.5 Å². The number of fused-ring (bicyclic) bond motifs is 1. The van der Waals surface area contributed by atoms with E-state index in [4.69, 9.17) is 4.98 Å². The average molecular weight is 328 g/mol. The Bertz CT molecular complexity index is 1070. The molecule has 0 atom stereocenters. The summed E-state index contributed by atoms with van der Waals surface area (Å²) in [6, 6.07) is 20.6. The number of nitrogens with zero attached hydrogens (tertiary/aromatic N) is 4. The van der Waals surface area contributed by atoms with E-state index in [-0.39, 0.29) is 5.75 Å². The Labute approximate surface area is 144 Å². The number of imidazole rings is 1. The Kier molecular flexibility index (Phi) is 3.74. The van der Waals surface area contributed by atoms with Gasteiger partial charge in [0, 0.05) is 17.8 Å². The van der Waals surface area contributed by atoms with Crippen LogP contribution < -0.4 is 0 Å². The molecular weight excluding hydrogens is 312 g/mol. The maximum Gasteiger partial charge on any atom is 0.187 e. The molecule has 0 radical (unpaired) electrons. The number of benzene rings is 2. The lowest BCUT2D eigenvalue weighted by atomic mass is 10.1. The number of aromatic nitrogens is 2. The molecular formula is C20H16N4O. The van der Waals surface area contributed by atoms with E-state index < -0.39 is 0 Å². The lowest BCUT2D eigenvalue weighted by Gasteiger charge is -2.00. The first-order valence-corrected chi connectivity index (χ1v) is 7.95. The van der Waals surface area contributed by atoms with Gasteiger partial charge in [-0.3, -0.25) is 4.40 Å². The maximum atomic E-state index is 9.59. The summed E-state index contributed by atoms with van der Waals surface area (Å²) in [6.07, 6.45) is 1.99. The van der Waals surface area contributed by atoms with Gasteiger partial charge in [-0.1, -0.05) is 42.5 Å². The quantitative estimate of drug-likeness (QED) is 0.510. The lowest BCUT2D eigenvalue weighted by Crippen LogP contribution is -1.84. The highest BCUT2D eigenvalue weighted by atomic mass is 16.3. The van der Waals surface area contributed by atoms with Crippen molar-refractivity contribution >= 4 is 17.2 Å². The number of aromatic hydroxyl groups is 1. The molecule has 0 saturated carbocycles. The number of rotatable bonds is 3. The standard InChI is InChI=1S/C20H16N4O/c1-14-10-11-18-21-19(15-6-3-2-4-7-15)20(24(18)13-14)23-22-16-8-5-9-17(25)12-16/h2-13,25H,1H3. The van der Waals surface area contributed by atoms with Gasteiger partial charge in [0.2, 0.25) is 0 Å². The van der Waals surface area contributed by atoms with Crippen LogP contribution in [0.3, 0.4) is 0 Å². The number of aryl methyl sites for hydroxylation is 1. The molecule has 0 aliphatic rings. The molecule has 0 fully saturated rings. The molecule has 0 aliphatic carbocycles. The maximum absolute atomic E-state index is 9.59. The van der Waals surface area contributed by atoms with E-state index in [0.717, 1.165) is 22.5 Å². The summed E-state index contributed by atoms with van der Waals surface area (Å²) in [7, 11) is 0. The molecule has 25 heavy (non-hydrogen) atoms. The minimum absolute atomic E-state index is 0.161. The number of pyridine rings is 1. The molecule has 1 N–H and O–H groups in total. The molecule has 5 heteroatoms. The van der Waals surface area contributed by atoms with E-state index in [2.05, 4.69) is 10.2 Å². The minimum atomic E-state index is 0.161. The van der Waals surface area contributed by atoms with Gasteiger partial charge in [0.1, 0.15) is 17.1 Å². The summed E-state index contributed by atoms with van der Waals surface area (Å²) in [6.45, 7) is 2.03. The van der Waals surface area contributed by atoms with Gasteiger partial charge in [-0.25, -0.2) is 4.98 Å². The largest absolute Gasteiger partial charge is 0.508 e. The van der Waals surface area contributed by atoms with Gasteiger partial charge in [0.05, 0.1) is 5.69 Å². The summed E-state index contributed by atoms with van der Waals surface area (Å²) < 4.78 is 1.93. The van der Waals surface area contributed by atoms with Crippen LogP contribution in [0.5, 0.6) is 5.75 Å². The average Bonchev–Trinajstić information content (AvgIpc) is 2.98. The molecule has 122 valence electrons. The van der Waals surface area contributed by atoms with E-state index in [9.17, 15) is 5.11 Å². The third-order valence-electron chi connectivity index (χ3n) is 3.88. The zero-order chi connectivity index (χ0) is 17.2. The molecule has 4 rings (SSSR count). The fourth-order valence-corrected chi connectivity index (χ4v) is 2.68. The van der Waals surface area contributed by atoms with Crippen molar-refractivity contribution < 1.29 is 5.11 Å². The number of phenolic OH excluding ortho intramolecular Hbond substituents is 1. The second-order valence-corrected chi connectivity index (χ2v) is 5.80. The zero-order valence-electron chi connectivity index (χ0n) is 13.7. The summed E-state index contributed by atoms with van der Waals surface area (Å²) in [5.74, 6) is 0.821. The molecule has 2 aromatic heterocycles. The lowest BCUT2D eigenvalue weighted by molar-refractivity contribution is 0.475. The van der Waals surface area contributed by atoms with Gasteiger partial charge in [0.15, 0.2) is 5.82 Å². The van der Waals surface area contributed by atoms with Gasteiger partial charge in [-0.2, -0.15) is 0 Å². The van der Waals surface area contributed by atoms with Crippen LogP contribution in [0.15, 0.2) is 83.2 Å². The zero-order valence-corrected chi connectivity index (χ0v) is 13.7. The molecule has 2 heterocycles. The first kappa shape index (κ1) is 15.1. The summed E-state index contributed by atoms with van der Waals surface area (Å²) in [4.78, 5) is 4.71. The first-order valence-electron chi connectivity index (χ1n) is 7.95. The molecule has 0 aliphatic heterocycles. The monoisotopic (exact) mass is 328 g/mol. The molecule has 0 saturated heterocycles. The van der Waals surface area contributed by atoms with Crippen molar-refractivity contribution in [3.05, 3.63) is 78.5 Å². The van der Waals surface area contributed by atoms with Crippen molar-refractivity contribution in [2.75, 3.05) is 0 Å². The number of azo groups is 1. The highest BCUT2D eigenvalue weighted by molar-refractivity contribution is 5.74. The second-order valence-electron chi connectivity index (χ2n) is 5.80. The van der Waals surface area contributed by atoms with Gasteiger partial charge < -0.3 is 5.11 Å². The van der Waals surface area contributed by atoms with Gasteiger partial charge >= 0.3 is 0 Å². The highest BCUT2D eigenvalue weighted by Crippen LogP contribution is 2.32. The van der Waals surface area contributed by atoms with Crippen LogP contribution in [0.25, 0.3) is 16.9 Å². The van der Waals surface area contributed by atoms with Crippen LogP contribution >= 0.6 is 0 Å². The van der Waals surface area contributed by atoms with Crippen molar-refractivity contribution in [2.24, 2.45) is 10.2 Å². The Hall–Kier alpha value is -3.47. The molecule has 5 nitrogen and oxygen atoms in total.